The number of benzene rings is 2. The van der Waals surface area contributed by atoms with E-state index in [1.54, 1.807) is 24.3 Å². The highest BCUT2D eigenvalue weighted by molar-refractivity contribution is 6.49. The number of nitrogens with zero attached hydrogens (tertiary/aromatic N) is 3. The highest BCUT2D eigenvalue weighted by atomic mass is 35.5. The van der Waals surface area contributed by atoms with Gasteiger partial charge in [-0.15, -0.1) is 0 Å². The van der Waals surface area contributed by atoms with Crippen molar-refractivity contribution in [3.05, 3.63) is 83.2 Å². The first-order valence-electron chi connectivity index (χ1n) is 7.01. The summed E-state index contributed by atoms with van der Waals surface area (Å²) in [5.41, 5.74) is 1.37. The van der Waals surface area contributed by atoms with Crippen LogP contribution in [0.25, 0.3) is 10.7 Å². The fourth-order valence-corrected chi connectivity index (χ4v) is 2.84. The molecule has 3 aromatic rings. The number of hydrogen-bond acceptors (Lipinski definition) is 3. The summed E-state index contributed by atoms with van der Waals surface area (Å²) in [6.07, 6.45) is 1.61. The summed E-state index contributed by atoms with van der Waals surface area (Å²) in [4.78, 5) is 3.85. The Labute approximate surface area is 147 Å². The summed E-state index contributed by atoms with van der Waals surface area (Å²) in [6, 6.07) is 12.5. The number of aliphatic hydroxyl groups excluding tert-OH is 1. The average Bonchev–Trinajstić information content (AvgIpc) is 3.11. The molecule has 1 atom stereocenters. The second kappa shape index (κ2) is 7.13. The van der Waals surface area contributed by atoms with E-state index in [1.807, 2.05) is 0 Å². The predicted molar refractivity (Wildman–Crippen MR) is 91.8 cm³/mol. The molecule has 7 heteroatoms. The first-order valence-corrected chi connectivity index (χ1v) is 7.76. The lowest BCUT2D eigenvalue weighted by Crippen LogP contribution is -2.06. The molecule has 0 radical (unpaired) electrons. The Morgan fingerprint density at radius 2 is 1.83 bits per heavy atom. The lowest BCUT2D eigenvalue weighted by Gasteiger charge is -2.19. The van der Waals surface area contributed by atoms with Crippen LogP contribution in [0, 0.1) is 5.82 Å². The lowest BCUT2D eigenvalue weighted by atomic mass is 9.96. The van der Waals surface area contributed by atoms with Gasteiger partial charge >= 0.3 is 0 Å². The third kappa shape index (κ3) is 3.33. The molecule has 0 aliphatic carbocycles. The van der Waals surface area contributed by atoms with Gasteiger partial charge in [-0.2, -0.15) is 5.10 Å². The van der Waals surface area contributed by atoms with Crippen LogP contribution in [0.15, 0.2) is 61.2 Å². The predicted octanol–water partition coefficient (Wildman–Crippen LogP) is 4.37. The highest BCUT2D eigenvalue weighted by Crippen LogP contribution is 2.38. The van der Waals surface area contributed by atoms with Gasteiger partial charge in [0.25, 0.3) is 0 Å². The normalized spacial score (nSPS) is 13.5. The summed E-state index contributed by atoms with van der Waals surface area (Å²) in [5.74, 6) is -0.387. The van der Waals surface area contributed by atoms with Crippen molar-refractivity contribution >= 4 is 33.9 Å². The molecule has 0 saturated heterocycles. The quantitative estimate of drug-likeness (QED) is 0.748. The second-order valence-electron chi connectivity index (χ2n) is 4.98. The highest BCUT2D eigenvalue weighted by Gasteiger charge is 2.22. The molecule has 0 saturated carbocycles. The molecule has 1 aromatic heterocycles. The third-order valence-corrected chi connectivity index (χ3v) is 4.19. The molecule has 0 aliphatic rings. The Kier molecular flexibility index (Phi) is 4.94. The minimum Gasteiger partial charge on any atom is -0.383 e. The number of halogens is 3. The van der Waals surface area contributed by atoms with E-state index in [4.69, 9.17) is 23.2 Å². The van der Waals surface area contributed by atoms with Gasteiger partial charge in [-0.3, -0.25) is 0 Å². The Morgan fingerprint density at radius 3 is 2.46 bits per heavy atom. The largest absolute Gasteiger partial charge is 0.383 e. The van der Waals surface area contributed by atoms with Gasteiger partial charge in [0.1, 0.15) is 29.7 Å². The molecular formula is C17H12Cl2FN3O. The molecular weight excluding hydrogens is 352 g/mol. The molecule has 24 heavy (non-hydrogen) atoms. The summed E-state index contributed by atoms with van der Waals surface area (Å²) in [5, 5.41) is 15.4. The maximum absolute atomic E-state index is 13.3. The van der Waals surface area contributed by atoms with E-state index in [9.17, 15) is 9.50 Å². The Hall–Kier alpha value is -2.21. The Morgan fingerprint density at radius 1 is 1.12 bits per heavy atom. The summed E-state index contributed by atoms with van der Waals surface area (Å²) < 4.78 is 14.6. The van der Waals surface area contributed by atoms with Crippen molar-refractivity contribution in [3.8, 4) is 0 Å². The zero-order valence-corrected chi connectivity index (χ0v) is 13.8. The molecule has 4 nitrogen and oxygen atoms in total. The molecule has 2 aromatic carbocycles. The van der Waals surface area contributed by atoms with Crippen molar-refractivity contribution < 1.29 is 9.50 Å². The first kappa shape index (κ1) is 16.6. The van der Waals surface area contributed by atoms with Crippen molar-refractivity contribution in [2.75, 3.05) is 0 Å². The van der Waals surface area contributed by atoms with Crippen molar-refractivity contribution in [3.63, 3.8) is 0 Å². The van der Waals surface area contributed by atoms with E-state index in [2.05, 4.69) is 10.1 Å². The van der Waals surface area contributed by atoms with E-state index in [0.29, 0.717) is 21.7 Å². The van der Waals surface area contributed by atoms with Crippen LogP contribution in [0.4, 0.5) is 4.39 Å². The Bertz CT molecular complexity index is 864. The summed E-state index contributed by atoms with van der Waals surface area (Å²) in [7, 11) is 0. The number of aromatic nitrogens is 3. The molecule has 0 aliphatic heterocycles. The molecule has 1 unspecified atom stereocenters. The van der Waals surface area contributed by atoms with E-state index in [0.717, 1.165) is 0 Å². The SMILES string of the molecule is OC(/C(=C(/Cl)n1cncn1)c1ccc(F)cc1)c1ccccc1Cl. The smallest absolute Gasteiger partial charge is 0.139 e. The minimum atomic E-state index is -1.12. The van der Waals surface area contributed by atoms with Gasteiger partial charge in [0, 0.05) is 16.2 Å². The summed E-state index contributed by atoms with van der Waals surface area (Å²) in [6.45, 7) is 0. The van der Waals surface area contributed by atoms with Crippen LogP contribution in [0.5, 0.6) is 0 Å². The number of aliphatic hydroxyl groups is 1. The second-order valence-corrected chi connectivity index (χ2v) is 5.74. The van der Waals surface area contributed by atoms with Gasteiger partial charge in [-0.05, 0) is 23.8 Å². The van der Waals surface area contributed by atoms with Gasteiger partial charge in [0.05, 0.1) is 0 Å². The van der Waals surface area contributed by atoms with Crippen molar-refractivity contribution in [1.29, 1.82) is 0 Å². The van der Waals surface area contributed by atoms with Crippen LogP contribution < -0.4 is 0 Å². The average molecular weight is 364 g/mol. The Balaban J connectivity index is 2.17. The van der Waals surface area contributed by atoms with E-state index in [1.165, 1.54) is 41.6 Å². The van der Waals surface area contributed by atoms with Crippen LogP contribution in [-0.2, 0) is 0 Å². The van der Waals surface area contributed by atoms with Gasteiger partial charge < -0.3 is 5.11 Å². The van der Waals surface area contributed by atoms with Crippen molar-refractivity contribution in [2.24, 2.45) is 0 Å². The molecule has 0 bridgehead atoms. The maximum Gasteiger partial charge on any atom is 0.139 e. The molecule has 0 spiro atoms. The minimum absolute atomic E-state index is 0.145. The van der Waals surface area contributed by atoms with E-state index >= 15 is 0 Å². The number of rotatable bonds is 4. The standard InChI is InChI=1S/C17H12Cl2FN3O/c18-14-4-2-1-3-13(14)16(24)15(11-5-7-12(20)8-6-11)17(19)23-10-21-9-22-23/h1-10,16,24H/b17-15-. The molecule has 1 heterocycles. The summed E-state index contributed by atoms with van der Waals surface area (Å²) >= 11 is 12.6. The zero-order valence-electron chi connectivity index (χ0n) is 12.3. The maximum atomic E-state index is 13.3. The fourth-order valence-electron chi connectivity index (χ4n) is 2.30. The topological polar surface area (TPSA) is 50.9 Å². The molecule has 0 fully saturated rings. The van der Waals surface area contributed by atoms with Crippen LogP contribution >= 0.6 is 23.2 Å². The monoisotopic (exact) mass is 363 g/mol. The van der Waals surface area contributed by atoms with E-state index < -0.39 is 6.10 Å². The van der Waals surface area contributed by atoms with Crippen molar-refractivity contribution in [2.45, 2.75) is 6.10 Å². The van der Waals surface area contributed by atoms with Gasteiger partial charge in [-0.25, -0.2) is 14.1 Å². The molecule has 3 rings (SSSR count). The fraction of sp³-hybridized carbons (Fsp3) is 0.0588. The van der Waals surface area contributed by atoms with Gasteiger partial charge in [-0.1, -0.05) is 53.5 Å². The van der Waals surface area contributed by atoms with E-state index in [-0.39, 0.29) is 11.0 Å². The molecule has 0 amide bonds. The number of hydrogen-bond donors (Lipinski definition) is 1. The van der Waals surface area contributed by atoms with Crippen LogP contribution in [0.3, 0.4) is 0 Å². The lowest BCUT2D eigenvalue weighted by molar-refractivity contribution is 0.238. The molecule has 122 valence electrons. The van der Waals surface area contributed by atoms with Gasteiger partial charge in [0.15, 0.2) is 0 Å². The third-order valence-electron chi connectivity index (χ3n) is 3.47. The van der Waals surface area contributed by atoms with Crippen molar-refractivity contribution in [1.82, 2.24) is 14.8 Å². The van der Waals surface area contributed by atoms with Crippen LogP contribution in [0.2, 0.25) is 5.02 Å². The first-order chi connectivity index (χ1) is 11.6. The van der Waals surface area contributed by atoms with Crippen LogP contribution in [0.1, 0.15) is 17.2 Å². The molecule has 1 N–H and O–H groups in total. The van der Waals surface area contributed by atoms with Gasteiger partial charge in [0.2, 0.25) is 0 Å². The zero-order chi connectivity index (χ0) is 17.1. The van der Waals surface area contributed by atoms with Crippen LogP contribution in [-0.4, -0.2) is 19.9 Å².